The van der Waals surface area contributed by atoms with Gasteiger partial charge in [-0.2, -0.15) is 0 Å². The van der Waals surface area contributed by atoms with Crippen molar-refractivity contribution in [1.82, 2.24) is 14.5 Å². The zero-order valence-corrected chi connectivity index (χ0v) is 15.4. The highest BCUT2D eigenvalue weighted by atomic mass is 16.5. The number of benzene rings is 1. The first-order valence-corrected chi connectivity index (χ1v) is 8.81. The molecule has 0 radical (unpaired) electrons. The van der Waals surface area contributed by atoms with Crippen molar-refractivity contribution in [2.24, 2.45) is 0 Å². The van der Waals surface area contributed by atoms with Crippen LogP contribution < -0.4 is 5.73 Å². The van der Waals surface area contributed by atoms with E-state index in [9.17, 15) is 4.79 Å². The monoisotopic (exact) mass is 356 g/mol. The van der Waals surface area contributed by atoms with Crippen LogP contribution in [0.4, 0.5) is 5.82 Å². The summed E-state index contributed by atoms with van der Waals surface area (Å²) in [5.74, 6) is -0.128. The molecular weight excluding hydrogens is 332 g/mol. The van der Waals surface area contributed by atoms with E-state index in [1.54, 1.807) is 7.11 Å². The number of aryl methyl sites for hydroxylation is 1. The standard InChI is InChI=1S/C19H24N4O3/c1-4-12(2)26-19(24)15-16-18(23(17(15)20)10-7-11-25-3)22-14-9-6-5-8-13(14)21-16/h5-6,8-9,12H,4,7,10-11,20H2,1-3H3/t12-/m0/s1. The van der Waals surface area contributed by atoms with Crippen LogP contribution in [0.3, 0.4) is 0 Å². The molecule has 0 spiro atoms. The lowest BCUT2D eigenvalue weighted by Gasteiger charge is -2.11. The van der Waals surface area contributed by atoms with Crippen molar-refractivity contribution >= 4 is 34.0 Å². The van der Waals surface area contributed by atoms with Crippen molar-refractivity contribution in [2.45, 2.75) is 39.3 Å². The Kier molecular flexibility index (Phi) is 5.37. The van der Waals surface area contributed by atoms with Gasteiger partial charge in [-0.05, 0) is 31.9 Å². The minimum atomic E-state index is -0.461. The molecule has 0 aliphatic heterocycles. The summed E-state index contributed by atoms with van der Waals surface area (Å²) < 4.78 is 12.4. The highest BCUT2D eigenvalue weighted by Crippen LogP contribution is 2.29. The van der Waals surface area contributed by atoms with Gasteiger partial charge < -0.3 is 19.8 Å². The first kappa shape index (κ1) is 18.1. The maximum atomic E-state index is 12.7. The number of anilines is 1. The van der Waals surface area contributed by atoms with E-state index in [4.69, 9.17) is 20.2 Å². The Hall–Kier alpha value is -2.67. The van der Waals surface area contributed by atoms with Crippen LogP contribution in [0.15, 0.2) is 24.3 Å². The third kappa shape index (κ3) is 3.35. The number of nitrogen functional groups attached to an aromatic ring is 1. The Labute approximate surface area is 152 Å². The van der Waals surface area contributed by atoms with E-state index in [2.05, 4.69) is 4.98 Å². The number of methoxy groups -OCH3 is 1. The van der Waals surface area contributed by atoms with Crippen LogP contribution in [0.5, 0.6) is 0 Å². The molecule has 1 atom stereocenters. The van der Waals surface area contributed by atoms with Crippen molar-refractivity contribution in [2.75, 3.05) is 19.5 Å². The summed E-state index contributed by atoms with van der Waals surface area (Å²) >= 11 is 0. The Morgan fingerprint density at radius 1 is 1.27 bits per heavy atom. The van der Waals surface area contributed by atoms with Gasteiger partial charge in [0.15, 0.2) is 5.65 Å². The second-order valence-electron chi connectivity index (χ2n) is 6.27. The smallest absolute Gasteiger partial charge is 0.344 e. The summed E-state index contributed by atoms with van der Waals surface area (Å²) in [6, 6.07) is 7.55. The number of hydrogen-bond acceptors (Lipinski definition) is 6. The normalized spacial score (nSPS) is 12.6. The molecule has 2 aromatic heterocycles. The minimum absolute atomic E-state index is 0.192. The zero-order valence-electron chi connectivity index (χ0n) is 15.4. The van der Waals surface area contributed by atoms with E-state index in [1.807, 2.05) is 42.7 Å². The molecule has 0 aliphatic rings. The molecule has 26 heavy (non-hydrogen) atoms. The Morgan fingerprint density at radius 2 is 1.96 bits per heavy atom. The van der Waals surface area contributed by atoms with Crippen LogP contribution in [0.25, 0.3) is 22.2 Å². The molecule has 0 fully saturated rings. The maximum absolute atomic E-state index is 12.7. The van der Waals surface area contributed by atoms with E-state index in [0.29, 0.717) is 35.7 Å². The number of rotatable bonds is 7. The fraction of sp³-hybridized carbons (Fsp3) is 0.421. The topological polar surface area (TPSA) is 92.3 Å². The number of carbonyl (C=O) groups is 1. The van der Waals surface area contributed by atoms with E-state index >= 15 is 0 Å². The second-order valence-corrected chi connectivity index (χ2v) is 6.27. The quantitative estimate of drug-likeness (QED) is 0.516. The predicted octanol–water partition coefficient (Wildman–Crippen LogP) is 3.16. The molecule has 0 saturated heterocycles. The van der Waals surface area contributed by atoms with Crippen LogP contribution >= 0.6 is 0 Å². The summed E-state index contributed by atoms with van der Waals surface area (Å²) in [4.78, 5) is 22.1. The molecule has 2 N–H and O–H groups in total. The van der Waals surface area contributed by atoms with Crippen LogP contribution in [-0.4, -0.2) is 40.3 Å². The summed E-state index contributed by atoms with van der Waals surface area (Å²) in [6.07, 6.45) is 1.29. The number of aromatic nitrogens is 3. The first-order chi connectivity index (χ1) is 12.6. The highest BCUT2D eigenvalue weighted by molar-refractivity contribution is 6.08. The van der Waals surface area contributed by atoms with Crippen molar-refractivity contribution < 1.29 is 14.3 Å². The van der Waals surface area contributed by atoms with Crippen LogP contribution in [0.1, 0.15) is 37.0 Å². The molecule has 7 nitrogen and oxygen atoms in total. The van der Waals surface area contributed by atoms with Crippen molar-refractivity contribution in [3.05, 3.63) is 29.8 Å². The molecule has 3 rings (SSSR count). The first-order valence-electron chi connectivity index (χ1n) is 8.81. The number of esters is 1. The average molecular weight is 356 g/mol. The Morgan fingerprint density at radius 3 is 2.62 bits per heavy atom. The molecule has 138 valence electrons. The SMILES string of the molecule is CC[C@H](C)OC(=O)c1c(N)n(CCCOC)c2nc3ccccc3nc12. The largest absolute Gasteiger partial charge is 0.459 e. The molecule has 0 unspecified atom stereocenters. The molecule has 0 bridgehead atoms. The van der Waals surface area contributed by atoms with E-state index < -0.39 is 5.97 Å². The Bertz CT molecular complexity index is 935. The number of nitrogens with zero attached hydrogens (tertiary/aromatic N) is 3. The summed E-state index contributed by atoms with van der Waals surface area (Å²) in [5, 5.41) is 0. The van der Waals surface area contributed by atoms with Gasteiger partial charge in [-0.25, -0.2) is 14.8 Å². The molecule has 2 heterocycles. The average Bonchev–Trinajstić information content (AvgIpc) is 2.91. The van der Waals surface area contributed by atoms with E-state index in [1.165, 1.54) is 0 Å². The number of nitrogens with two attached hydrogens (primary N) is 1. The number of ether oxygens (including phenoxy) is 2. The van der Waals surface area contributed by atoms with Gasteiger partial charge in [-0.3, -0.25) is 0 Å². The molecule has 3 aromatic rings. The highest BCUT2D eigenvalue weighted by Gasteiger charge is 2.25. The molecule has 0 saturated carbocycles. The van der Waals surface area contributed by atoms with Gasteiger partial charge in [0, 0.05) is 20.3 Å². The molecular formula is C19H24N4O3. The van der Waals surface area contributed by atoms with Gasteiger partial charge in [0.05, 0.1) is 17.1 Å². The van der Waals surface area contributed by atoms with Gasteiger partial charge in [-0.15, -0.1) is 0 Å². The molecule has 7 heteroatoms. The zero-order chi connectivity index (χ0) is 18.7. The number of hydrogen-bond donors (Lipinski definition) is 1. The Balaban J connectivity index is 2.16. The van der Waals surface area contributed by atoms with Gasteiger partial charge in [-0.1, -0.05) is 19.1 Å². The summed E-state index contributed by atoms with van der Waals surface area (Å²) in [7, 11) is 1.65. The summed E-state index contributed by atoms with van der Waals surface area (Å²) in [5.41, 5.74) is 9.15. The molecule has 0 amide bonds. The van der Waals surface area contributed by atoms with Crippen molar-refractivity contribution in [1.29, 1.82) is 0 Å². The number of para-hydroxylation sites is 2. The third-order valence-electron chi connectivity index (χ3n) is 4.41. The fourth-order valence-electron chi connectivity index (χ4n) is 2.84. The van der Waals surface area contributed by atoms with Gasteiger partial charge in [0.2, 0.25) is 0 Å². The molecule has 0 aliphatic carbocycles. The minimum Gasteiger partial charge on any atom is -0.459 e. The fourth-order valence-corrected chi connectivity index (χ4v) is 2.84. The van der Waals surface area contributed by atoms with Crippen molar-refractivity contribution in [3.8, 4) is 0 Å². The lowest BCUT2D eigenvalue weighted by Crippen LogP contribution is -2.16. The van der Waals surface area contributed by atoms with Gasteiger partial charge in [0.1, 0.15) is 16.9 Å². The maximum Gasteiger partial charge on any atom is 0.344 e. The van der Waals surface area contributed by atoms with Gasteiger partial charge in [0.25, 0.3) is 0 Å². The molecule has 1 aromatic carbocycles. The lowest BCUT2D eigenvalue weighted by molar-refractivity contribution is 0.0338. The van der Waals surface area contributed by atoms with E-state index in [0.717, 1.165) is 18.4 Å². The second kappa shape index (κ2) is 7.70. The third-order valence-corrected chi connectivity index (χ3v) is 4.41. The predicted molar refractivity (Wildman–Crippen MR) is 101 cm³/mol. The summed E-state index contributed by atoms with van der Waals surface area (Å²) in [6.45, 7) is 4.99. The van der Waals surface area contributed by atoms with E-state index in [-0.39, 0.29) is 11.7 Å². The lowest BCUT2D eigenvalue weighted by atomic mass is 10.2. The van der Waals surface area contributed by atoms with Crippen LogP contribution in [0, 0.1) is 0 Å². The van der Waals surface area contributed by atoms with Crippen molar-refractivity contribution in [3.63, 3.8) is 0 Å². The van der Waals surface area contributed by atoms with Gasteiger partial charge >= 0.3 is 5.97 Å². The number of carbonyl (C=O) groups excluding carboxylic acids is 1. The number of fused-ring (bicyclic) bond motifs is 2. The van der Waals surface area contributed by atoms with Crippen LogP contribution in [0.2, 0.25) is 0 Å². The van der Waals surface area contributed by atoms with Crippen LogP contribution in [-0.2, 0) is 16.0 Å².